The Hall–Kier alpha value is -3.50. The number of nitrogens with one attached hydrogen (secondary N) is 2. The molecule has 2 N–H and O–H groups in total. The number of quaternary nitrogens is 1. The maximum atomic E-state index is 14.1. The lowest BCUT2D eigenvalue weighted by atomic mass is 9.75. The zero-order valence-corrected chi connectivity index (χ0v) is 19.7. The van der Waals surface area contributed by atoms with Gasteiger partial charge in [0.05, 0.1) is 24.3 Å². The van der Waals surface area contributed by atoms with E-state index in [9.17, 15) is 24.5 Å². The van der Waals surface area contributed by atoms with E-state index < -0.39 is 34.1 Å². The van der Waals surface area contributed by atoms with Gasteiger partial charge in [-0.3, -0.25) is 24.5 Å². The molecule has 0 radical (unpaired) electrons. The number of carbonyl (C=O) groups excluding carboxylic acids is 3. The molecule has 5 atom stereocenters. The summed E-state index contributed by atoms with van der Waals surface area (Å²) >= 11 is 6.41. The quantitative estimate of drug-likeness (QED) is 0.377. The van der Waals surface area contributed by atoms with Crippen molar-refractivity contribution in [2.45, 2.75) is 31.3 Å². The first-order valence-electron chi connectivity index (χ1n) is 11.4. The summed E-state index contributed by atoms with van der Waals surface area (Å²) in [5, 5.41) is 14.9. The largest absolute Gasteiger partial charge is 0.495 e. The number of nitro benzene ring substituents is 1. The Morgan fingerprint density at radius 2 is 2.00 bits per heavy atom. The fraction of sp³-hybridized carbons (Fsp3) is 0.375. The molecule has 10 nitrogen and oxygen atoms in total. The minimum absolute atomic E-state index is 0.0155. The Morgan fingerprint density at radius 3 is 2.71 bits per heavy atom. The Balaban J connectivity index is 1.57. The van der Waals surface area contributed by atoms with Crippen molar-refractivity contribution in [3.63, 3.8) is 0 Å². The van der Waals surface area contributed by atoms with Crippen LogP contribution in [0.5, 0.6) is 5.75 Å². The smallest absolute Gasteiger partial charge is 0.291 e. The first kappa shape index (κ1) is 22.0. The minimum Gasteiger partial charge on any atom is -0.495 e. The number of nitrogens with zero attached hydrogens (tertiary/aromatic N) is 2. The molecule has 4 heterocycles. The van der Waals surface area contributed by atoms with E-state index in [0.29, 0.717) is 29.2 Å². The van der Waals surface area contributed by atoms with Gasteiger partial charge >= 0.3 is 0 Å². The van der Waals surface area contributed by atoms with Crippen LogP contribution in [-0.2, 0) is 19.9 Å². The number of hydrogen-bond acceptors (Lipinski definition) is 6. The summed E-state index contributed by atoms with van der Waals surface area (Å²) in [5.74, 6) is -2.86. The number of nitro groups is 1. The van der Waals surface area contributed by atoms with Crippen molar-refractivity contribution in [1.82, 2.24) is 0 Å². The molecule has 3 fully saturated rings. The van der Waals surface area contributed by atoms with Crippen molar-refractivity contribution in [2.24, 2.45) is 11.8 Å². The lowest BCUT2D eigenvalue weighted by molar-refractivity contribution is -0.948. The maximum Gasteiger partial charge on any atom is 0.291 e. The zero-order valence-electron chi connectivity index (χ0n) is 19.0. The average Bonchev–Trinajstić information content (AvgIpc) is 3.52. The number of amides is 3. The standard InChI is InChI=1S/C24H21ClN4O6/c1-11-8-12(25)9-14-20(11)26-23(32)24(14)19-18(15-4-3-7-27(15)24)21(30)28(22(19)31)16-10-13(29(33)34)5-6-17(16)35-2/h5-6,8-10,15,18-19H,3-4,7H2,1-2H3,(H,26,32)/p+1/t15-,18+,19-,24-/m0/s1. The number of halogens is 1. The van der Waals surface area contributed by atoms with E-state index in [0.717, 1.165) is 21.8 Å². The third-order valence-corrected chi connectivity index (χ3v) is 8.32. The van der Waals surface area contributed by atoms with Gasteiger partial charge in [0.1, 0.15) is 29.3 Å². The van der Waals surface area contributed by atoms with E-state index in [1.807, 2.05) is 6.92 Å². The predicted molar refractivity (Wildman–Crippen MR) is 124 cm³/mol. The van der Waals surface area contributed by atoms with Gasteiger partial charge in [0.2, 0.25) is 17.4 Å². The summed E-state index contributed by atoms with van der Waals surface area (Å²) in [6, 6.07) is 7.04. The number of imide groups is 1. The lowest BCUT2D eigenvalue weighted by Crippen LogP contribution is -3.19. The van der Waals surface area contributed by atoms with Gasteiger partial charge in [-0.2, -0.15) is 0 Å². The maximum absolute atomic E-state index is 14.1. The van der Waals surface area contributed by atoms with E-state index in [2.05, 4.69) is 5.32 Å². The topological polar surface area (TPSA) is 123 Å². The van der Waals surface area contributed by atoms with Crippen molar-refractivity contribution in [3.05, 3.63) is 56.6 Å². The van der Waals surface area contributed by atoms with Gasteiger partial charge in [-0.1, -0.05) is 11.6 Å². The van der Waals surface area contributed by atoms with Gasteiger partial charge in [0.15, 0.2) is 0 Å². The molecule has 3 saturated heterocycles. The molecular weight excluding hydrogens is 476 g/mol. The molecule has 1 spiro atoms. The van der Waals surface area contributed by atoms with E-state index >= 15 is 0 Å². The van der Waals surface area contributed by atoms with Crippen molar-refractivity contribution in [3.8, 4) is 5.75 Å². The average molecular weight is 498 g/mol. The second-order valence-corrected chi connectivity index (χ2v) is 10.00. The Bertz CT molecular complexity index is 1360. The molecule has 3 amide bonds. The number of methoxy groups -OCH3 is 1. The van der Waals surface area contributed by atoms with Gasteiger partial charge in [-0.25, -0.2) is 4.90 Å². The summed E-state index contributed by atoms with van der Waals surface area (Å²) in [7, 11) is 1.37. The number of non-ortho nitro benzene ring substituents is 1. The SMILES string of the molecule is COc1ccc([N+](=O)[O-])cc1N1C(=O)[C@H]2[C@@H](C1=O)[C@@]1(C(=O)Nc3c(C)cc(Cl)cc31)[NH+]1CCC[C@@H]21. The van der Waals surface area contributed by atoms with E-state index in [-0.39, 0.29) is 29.1 Å². The fourth-order valence-corrected chi connectivity index (χ4v) is 7.17. The van der Waals surface area contributed by atoms with Crippen LogP contribution in [-0.4, -0.2) is 42.3 Å². The monoisotopic (exact) mass is 497 g/mol. The molecule has 1 unspecified atom stereocenters. The number of anilines is 2. The Labute approximate surface area is 204 Å². The number of aryl methyl sites for hydroxylation is 1. The van der Waals surface area contributed by atoms with Crippen molar-refractivity contribution >= 4 is 46.4 Å². The third-order valence-electron chi connectivity index (χ3n) is 8.10. The van der Waals surface area contributed by atoms with Gasteiger partial charge in [0.25, 0.3) is 11.6 Å². The summed E-state index contributed by atoms with van der Waals surface area (Å²) in [5.41, 5.74) is 0.493. The Kier molecular flexibility index (Phi) is 4.56. The number of ether oxygens (including phenoxy) is 1. The van der Waals surface area contributed by atoms with Crippen LogP contribution in [0.25, 0.3) is 0 Å². The number of fused-ring (bicyclic) bond motifs is 7. The normalized spacial score (nSPS) is 30.5. The number of hydrogen-bond donors (Lipinski definition) is 2. The van der Waals surface area contributed by atoms with Crippen LogP contribution in [0.15, 0.2) is 30.3 Å². The molecule has 11 heteroatoms. The number of benzene rings is 2. The highest BCUT2D eigenvalue weighted by Gasteiger charge is 2.78. The Morgan fingerprint density at radius 1 is 1.23 bits per heavy atom. The van der Waals surface area contributed by atoms with Gasteiger partial charge in [-0.15, -0.1) is 0 Å². The van der Waals surface area contributed by atoms with Crippen molar-refractivity contribution in [1.29, 1.82) is 0 Å². The molecular formula is C24H22ClN4O6+. The molecule has 0 bridgehead atoms. The number of carbonyl (C=O) groups is 3. The molecule has 35 heavy (non-hydrogen) atoms. The van der Waals surface area contributed by atoms with Crippen LogP contribution in [0.1, 0.15) is 24.0 Å². The fourth-order valence-electron chi connectivity index (χ4n) is 6.90. The molecule has 0 saturated carbocycles. The van der Waals surface area contributed by atoms with E-state index in [1.165, 1.54) is 25.3 Å². The first-order valence-corrected chi connectivity index (χ1v) is 11.8. The molecule has 2 aromatic rings. The summed E-state index contributed by atoms with van der Waals surface area (Å²) in [4.78, 5) is 54.5. The second kappa shape index (κ2) is 7.25. The molecule has 6 rings (SSSR count). The van der Waals surface area contributed by atoms with Crippen LogP contribution in [0.2, 0.25) is 5.02 Å². The minimum atomic E-state index is -1.30. The second-order valence-electron chi connectivity index (χ2n) is 9.56. The van der Waals surface area contributed by atoms with E-state index in [1.54, 1.807) is 12.1 Å². The van der Waals surface area contributed by atoms with Gasteiger partial charge in [-0.05, 0) is 30.7 Å². The highest BCUT2D eigenvalue weighted by Crippen LogP contribution is 2.54. The predicted octanol–water partition coefficient (Wildman–Crippen LogP) is 1.58. The zero-order chi connectivity index (χ0) is 24.8. The van der Waals surface area contributed by atoms with Gasteiger partial charge < -0.3 is 15.0 Å². The van der Waals surface area contributed by atoms with Crippen LogP contribution < -0.4 is 19.9 Å². The first-order chi connectivity index (χ1) is 16.7. The number of rotatable bonds is 3. The van der Waals surface area contributed by atoms with Crippen LogP contribution >= 0.6 is 11.6 Å². The molecule has 180 valence electrons. The molecule has 4 aliphatic heterocycles. The van der Waals surface area contributed by atoms with Crippen molar-refractivity contribution < 1.29 is 28.9 Å². The molecule has 0 aliphatic carbocycles. The van der Waals surface area contributed by atoms with Crippen molar-refractivity contribution in [2.75, 3.05) is 23.9 Å². The third kappa shape index (κ3) is 2.61. The van der Waals surface area contributed by atoms with Crippen LogP contribution in [0, 0.1) is 28.9 Å². The highest BCUT2D eigenvalue weighted by atomic mass is 35.5. The highest BCUT2D eigenvalue weighted by molar-refractivity contribution is 6.31. The van der Waals surface area contributed by atoms with E-state index in [4.69, 9.17) is 16.3 Å². The van der Waals surface area contributed by atoms with Crippen LogP contribution in [0.4, 0.5) is 17.1 Å². The molecule has 2 aromatic carbocycles. The van der Waals surface area contributed by atoms with Crippen LogP contribution in [0.3, 0.4) is 0 Å². The summed E-state index contributed by atoms with van der Waals surface area (Å²) < 4.78 is 5.35. The molecule has 4 aliphatic rings. The van der Waals surface area contributed by atoms with Gasteiger partial charge in [0, 0.05) is 35.6 Å². The molecule has 0 aromatic heterocycles. The summed E-state index contributed by atoms with van der Waals surface area (Å²) in [6.45, 7) is 2.49. The lowest BCUT2D eigenvalue weighted by Gasteiger charge is -2.33. The summed E-state index contributed by atoms with van der Waals surface area (Å²) in [6.07, 6.45) is 1.51.